The summed E-state index contributed by atoms with van der Waals surface area (Å²) in [7, 11) is -3.60. The number of aliphatic hydroxyl groups is 1. The molecule has 2 aromatic rings. The average Bonchev–Trinajstić information content (AvgIpc) is 2.48. The Balaban J connectivity index is 2.23. The van der Waals surface area contributed by atoms with E-state index in [1.165, 1.54) is 18.2 Å². The summed E-state index contributed by atoms with van der Waals surface area (Å²) in [5.41, 5.74) is -0.731. The molecule has 0 unspecified atom stereocenters. The first kappa shape index (κ1) is 16.5. The summed E-state index contributed by atoms with van der Waals surface area (Å²) in [5, 5.41) is 18.6. The van der Waals surface area contributed by atoms with Crippen LogP contribution in [0.25, 0.3) is 0 Å². The van der Waals surface area contributed by atoms with Gasteiger partial charge in [0.1, 0.15) is 12.4 Å². The summed E-state index contributed by atoms with van der Waals surface area (Å²) in [6.07, 6.45) is -0.0721. The van der Waals surface area contributed by atoms with E-state index in [4.69, 9.17) is 21.1 Å². The smallest absolute Gasteiger partial charge is 0.227 e. The Labute approximate surface area is 131 Å². The zero-order valence-electron chi connectivity index (χ0n) is 11.3. The molecule has 22 heavy (non-hydrogen) atoms. The number of halogens is 1. The van der Waals surface area contributed by atoms with Gasteiger partial charge in [0.15, 0.2) is 15.6 Å². The maximum absolute atomic E-state index is 12.2. The normalized spacial score (nSPS) is 11.5. The second-order valence-corrected chi connectivity index (χ2v) is 7.08. The highest BCUT2D eigenvalue weighted by Gasteiger charge is 2.17. The molecule has 0 saturated carbocycles. The molecule has 0 spiro atoms. The van der Waals surface area contributed by atoms with Crippen LogP contribution in [-0.4, -0.2) is 24.4 Å². The number of hydrogen-bond acceptors (Lipinski definition) is 6. The fraction of sp³-hybridized carbons (Fsp3) is 0.214. The molecular formula is C14H13ClO6S. The van der Waals surface area contributed by atoms with Gasteiger partial charge < -0.3 is 14.6 Å². The lowest BCUT2D eigenvalue weighted by atomic mass is 10.3. The van der Waals surface area contributed by atoms with Crippen LogP contribution in [0, 0.1) is 0 Å². The van der Waals surface area contributed by atoms with E-state index < -0.39 is 27.6 Å². The first-order chi connectivity index (χ1) is 10.3. The monoisotopic (exact) mass is 344 g/mol. The maximum atomic E-state index is 12.2. The Morgan fingerprint density at radius 2 is 1.95 bits per heavy atom. The Morgan fingerprint density at radius 1 is 1.23 bits per heavy atom. The molecule has 0 fully saturated rings. The summed E-state index contributed by atoms with van der Waals surface area (Å²) in [6, 6.07) is 6.85. The maximum Gasteiger partial charge on any atom is 0.227 e. The van der Waals surface area contributed by atoms with Crippen LogP contribution in [-0.2, 0) is 22.9 Å². The third-order valence-electron chi connectivity index (χ3n) is 2.96. The van der Waals surface area contributed by atoms with Crippen molar-refractivity contribution in [2.24, 2.45) is 0 Å². The topological polar surface area (TPSA) is 105 Å². The third kappa shape index (κ3) is 3.68. The fourth-order valence-corrected chi connectivity index (χ4v) is 3.38. The summed E-state index contributed by atoms with van der Waals surface area (Å²) in [5.74, 6) is -1.20. The van der Waals surface area contributed by atoms with Crippen LogP contribution in [0.2, 0.25) is 5.02 Å². The van der Waals surface area contributed by atoms with Crippen LogP contribution in [0.4, 0.5) is 0 Å². The number of aliphatic hydroxyl groups excluding tert-OH is 1. The van der Waals surface area contributed by atoms with Crippen molar-refractivity contribution in [1.29, 1.82) is 0 Å². The Kier molecular flexibility index (Phi) is 4.90. The van der Waals surface area contributed by atoms with Gasteiger partial charge in [-0.25, -0.2) is 8.42 Å². The largest absolute Gasteiger partial charge is 0.502 e. The van der Waals surface area contributed by atoms with E-state index >= 15 is 0 Å². The van der Waals surface area contributed by atoms with Gasteiger partial charge in [0.2, 0.25) is 11.2 Å². The van der Waals surface area contributed by atoms with Crippen LogP contribution >= 0.6 is 11.6 Å². The molecule has 8 heteroatoms. The van der Waals surface area contributed by atoms with Crippen LogP contribution in [0.15, 0.2) is 44.4 Å². The molecule has 0 aliphatic heterocycles. The van der Waals surface area contributed by atoms with Gasteiger partial charge in [-0.15, -0.1) is 0 Å². The highest BCUT2D eigenvalue weighted by atomic mass is 35.5. The van der Waals surface area contributed by atoms with Gasteiger partial charge in [-0.05, 0) is 18.2 Å². The predicted molar refractivity (Wildman–Crippen MR) is 79.8 cm³/mol. The lowest BCUT2D eigenvalue weighted by molar-refractivity contribution is 0.228. The Morgan fingerprint density at radius 3 is 2.59 bits per heavy atom. The molecule has 0 aliphatic rings. The highest BCUT2D eigenvalue weighted by Crippen LogP contribution is 2.19. The van der Waals surface area contributed by atoms with Gasteiger partial charge in [0.05, 0.1) is 10.6 Å². The zero-order valence-corrected chi connectivity index (χ0v) is 12.9. The number of sulfone groups is 1. The van der Waals surface area contributed by atoms with Crippen molar-refractivity contribution in [2.45, 2.75) is 17.9 Å². The molecule has 2 rings (SSSR count). The highest BCUT2D eigenvalue weighted by molar-refractivity contribution is 7.91. The quantitative estimate of drug-likeness (QED) is 0.851. The number of rotatable bonds is 5. The molecular weight excluding hydrogens is 332 g/mol. The van der Waals surface area contributed by atoms with Crippen LogP contribution in [0.3, 0.4) is 0 Å². The standard InChI is InChI=1S/C14H13ClO6S/c15-9-2-1-3-11(6-9)22(19,20)5-4-10-7-12(17)14(18)13(8-16)21-10/h1-3,6-7,16,18H,4-5,8H2. The van der Waals surface area contributed by atoms with Crippen LogP contribution < -0.4 is 5.43 Å². The van der Waals surface area contributed by atoms with E-state index in [1.54, 1.807) is 6.07 Å². The summed E-state index contributed by atoms with van der Waals surface area (Å²) in [6.45, 7) is -0.657. The lowest BCUT2D eigenvalue weighted by Gasteiger charge is -2.06. The van der Waals surface area contributed by atoms with E-state index in [0.29, 0.717) is 5.02 Å². The molecule has 0 aliphatic carbocycles. The second-order valence-electron chi connectivity index (χ2n) is 4.53. The van der Waals surface area contributed by atoms with Gasteiger partial charge in [0, 0.05) is 17.5 Å². The Bertz CT molecular complexity index is 841. The minimum absolute atomic E-state index is 0.0671. The summed E-state index contributed by atoms with van der Waals surface area (Å²) >= 11 is 5.77. The fourth-order valence-electron chi connectivity index (χ4n) is 1.83. The molecule has 0 bridgehead atoms. The van der Waals surface area contributed by atoms with Gasteiger partial charge in [-0.2, -0.15) is 0 Å². The molecule has 2 N–H and O–H groups in total. The van der Waals surface area contributed by atoms with Crippen molar-refractivity contribution in [2.75, 3.05) is 5.75 Å². The van der Waals surface area contributed by atoms with Crippen molar-refractivity contribution in [3.8, 4) is 5.75 Å². The molecule has 6 nitrogen and oxygen atoms in total. The molecule has 118 valence electrons. The minimum atomic E-state index is -3.60. The molecule has 0 atom stereocenters. The lowest BCUT2D eigenvalue weighted by Crippen LogP contribution is -2.11. The molecule has 1 heterocycles. The molecule has 1 aromatic heterocycles. The van der Waals surface area contributed by atoms with Gasteiger partial charge in [-0.3, -0.25) is 4.79 Å². The molecule has 1 aromatic carbocycles. The first-order valence-corrected chi connectivity index (χ1v) is 8.30. The van der Waals surface area contributed by atoms with Crippen molar-refractivity contribution >= 4 is 21.4 Å². The SMILES string of the molecule is O=c1cc(CCS(=O)(=O)c2cccc(Cl)c2)oc(CO)c1O. The minimum Gasteiger partial charge on any atom is -0.502 e. The van der Waals surface area contributed by atoms with Crippen LogP contribution in [0.1, 0.15) is 11.5 Å². The van der Waals surface area contributed by atoms with Crippen molar-refractivity contribution < 1.29 is 23.0 Å². The van der Waals surface area contributed by atoms with Crippen molar-refractivity contribution in [1.82, 2.24) is 0 Å². The first-order valence-electron chi connectivity index (χ1n) is 6.27. The number of hydrogen-bond donors (Lipinski definition) is 2. The zero-order chi connectivity index (χ0) is 16.3. The van der Waals surface area contributed by atoms with Gasteiger partial charge >= 0.3 is 0 Å². The van der Waals surface area contributed by atoms with E-state index in [9.17, 15) is 18.3 Å². The number of aromatic hydroxyl groups is 1. The summed E-state index contributed by atoms with van der Waals surface area (Å²) in [4.78, 5) is 11.5. The third-order valence-corrected chi connectivity index (χ3v) is 4.91. The summed E-state index contributed by atoms with van der Waals surface area (Å²) < 4.78 is 29.5. The predicted octanol–water partition coefficient (Wildman–Crippen LogP) is 1.51. The Hall–Kier alpha value is -1.83. The average molecular weight is 345 g/mol. The van der Waals surface area contributed by atoms with Gasteiger partial charge in [-0.1, -0.05) is 17.7 Å². The van der Waals surface area contributed by atoms with Crippen molar-refractivity contribution in [3.05, 3.63) is 57.1 Å². The van der Waals surface area contributed by atoms with Crippen molar-refractivity contribution in [3.63, 3.8) is 0 Å². The van der Waals surface area contributed by atoms with Crippen LogP contribution in [0.5, 0.6) is 5.75 Å². The van der Waals surface area contributed by atoms with E-state index in [-0.39, 0.29) is 28.6 Å². The van der Waals surface area contributed by atoms with E-state index in [2.05, 4.69) is 0 Å². The molecule has 0 saturated heterocycles. The molecule has 0 radical (unpaired) electrons. The second kappa shape index (κ2) is 6.51. The van der Waals surface area contributed by atoms with E-state index in [1.807, 2.05) is 0 Å². The van der Waals surface area contributed by atoms with E-state index in [0.717, 1.165) is 6.07 Å². The number of benzene rings is 1. The number of aryl methyl sites for hydroxylation is 1. The molecule has 0 amide bonds. The van der Waals surface area contributed by atoms with Gasteiger partial charge in [0.25, 0.3) is 0 Å².